The number of methoxy groups -OCH3 is 1. The number of rotatable bonds is 8. The van der Waals surface area contributed by atoms with Crippen molar-refractivity contribution in [3.05, 3.63) is 71.0 Å². The molecule has 3 aromatic heterocycles. The predicted molar refractivity (Wildman–Crippen MR) is 133 cm³/mol. The average Bonchev–Trinajstić information content (AvgIpc) is 3.45. The van der Waals surface area contributed by atoms with E-state index in [2.05, 4.69) is 21.8 Å². The van der Waals surface area contributed by atoms with Crippen molar-refractivity contribution in [3.8, 4) is 33.4 Å². The lowest BCUT2D eigenvalue weighted by Crippen LogP contribution is -2.24. The topological polar surface area (TPSA) is 69.0 Å². The molecule has 4 rings (SSSR count). The van der Waals surface area contributed by atoms with Crippen molar-refractivity contribution in [2.45, 2.75) is 33.6 Å². The molecule has 0 radical (unpaired) electrons. The van der Waals surface area contributed by atoms with Gasteiger partial charge in [-0.1, -0.05) is 13.3 Å². The van der Waals surface area contributed by atoms with E-state index >= 15 is 0 Å². The third-order valence-corrected chi connectivity index (χ3v) is 6.45. The van der Waals surface area contributed by atoms with Gasteiger partial charge in [0.1, 0.15) is 10.8 Å². The summed E-state index contributed by atoms with van der Waals surface area (Å²) >= 11 is 1.57. The minimum Gasteiger partial charge on any atom is -0.497 e. The van der Waals surface area contributed by atoms with Crippen LogP contribution in [0.5, 0.6) is 5.75 Å². The molecule has 0 aliphatic rings. The molecule has 0 fully saturated rings. The van der Waals surface area contributed by atoms with Crippen molar-refractivity contribution in [2.75, 3.05) is 13.7 Å². The van der Waals surface area contributed by atoms with Gasteiger partial charge in [-0.25, -0.2) is 4.98 Å². The molecule has 1 amide bonds. The second-order valence-corrected chi connectivity index (χ2v) is 8.76. The van der Waals surface area contributed by atoms with E-state index < -0.39 is 0 Å². The lowest BCUT2D eigenvalue weighted by Gasteiger charge is -2.12. The molecule has 33 heavy (non-hydrogen) atoms. The first-order chi connectivity index (χ1) is 16.0. The third-order valence-electron chi connectivity index (χ3n) is 5.56. The van der Waals surface area contributed by atoms with Crippen LogP contribution in [0.3, 0.4) is 0 Å². The Labute approximate surface area is 198 Å². The van der Waals surface area contributed by atoms with Crippen molar-refractivity contribution < 1.29 is 9.53 Å². The zero-order chi connectivity index (χ0) is 23.4. The summed E-state index contributed by atoms with van der Waals surface area (Å²) in [6, 6.07) is 13.8. The number of hydrogen-bond acceptors (Lipinski definition) is 5. The first-order valence-electron chi connectivity index (χ1n) is 11.1. The van der Waals surface area contributed by atoms with Gasteiger partial charge < -0.3 is 14.6 Å². The molecule has 0 saturated carbocycles. The summed E-state index contributed by atoms with van der Waals surface area (Å²) in [6.07, 6.45) is 3.84. The van der Waals surface area contributed by atoms with Gasteiger partial charge in [0.15, 0.2) is 0 Å². The Kier molecular flexibility index (Phi) is 6.89. The van der Waals surface area contributed by atoms with Gasteiger partial charge in [0.05, 0.1) is 24.1 Å². The zero-order valence-electron chi connectivity index (χ0n) is 19.4. The molecule has 0 aliphatic heterocycles. The molecule has 7 heteroatoms. The minimum atomic E-state index is -0.0624. The van der Waals surface area contributed by atoms with Crippen LogP contribution in [0.4, 0.5) is 0 Å². The maximum Gasteiger partial charge on any atom is 0.253 e. The molecule has 0 unspecified atom stereocenters. The number of nitrogens with one attached hydrogen (secondary N) is 1. The van der Waals surface area contributed by atoms with E-state index in [1.54, 1.807) is 18.4 Å². The number of nitrogens with zero attached hydrogens (tertiary/aromatic N) is 3. The van der Waals surface area contributed by atoms with Gasteiger partial charge in [-0.15, -0.1) is 11.3 Å². The lowest BCUT2D eigenvalue weighted by molar-refractivity contribution is 0.0952. The molecule has 0 atom stereocenters. The highest BCUT2D eigenvalue weighted by Gasteiger charge is 2.21. The number of thiazole rings is 1. The first kappa shape index (κ1) is 22.7. The fraction of sp³-hybridized carbons (Fsp3) is 0.269. The molecule has 170 valence electrons. The molecule has 1 aromatic carbocycles. The van der Waals surface area contributed by atoms with Gasteiger partial charge in [-0.05, 0) is 62.7 Å². The molecule has 4 aromatic rings. The fourth-order valence-electron chi connectivity index (χ4n) is 3.68. The van der Waals surface area contributed by atoms with E-state index in [0.29, 0.717) is 12.1 Å². The number of pyridine rings is 1. The largest absolute Gasteiger partial charge is 0.497 e. The Morgan fingerprint density at radius 3 is 2.61 bits per heavy atom. The van der Waals surface area contributed by atoms with Gasteiger partial charge >= 0.3 is 0 Å². The second-order valence-electron chi connectivity index (χ2n) is 7.90. The Morgan fingerprint density at radius 2 is 1.94 bits per heavy atom. The zero-order valence-corrected chi connectivity index (χ0v) is 20.2. The molecule has 1 N–H and O–H groups in total. The number of aromatic nitrogens is 3. The second kappa shape index (κ2) is 10.0. The van der Waals surface area contributed by atoms with Crippen molar-refractivity contribution in [1.82, 2.24) is 19.9 Å². The smallest absolute Gasteiger partial charge is 0.253 e. The summed E-state index contributed by atoms with van der Waals surface area (Å²) in [4.78, 5) is 22.2. The summed E-state index contributed by atoms with van der Waals surface area (Å²) < 4.78 is 7.40. The van der Waals surface area contributed by atoms with E-state index in [4.69, 9.17) is 9.72 Å². The maximum absolute atomic E-state index is 13.0. The summed E-state index contributed by atoms with van der Waals surface area (Å²) in [5.74, 6) is 0.720. The van der Waals surface area contributed by atoms with E-state index in [-0.39, 0.29) is 5.91 Å². The number of unbranched alkanes of at least 4 members (excludes halogenated alkanes) is 1. The first-order valence-corrected chi connectivity index (χ1v) is 11.9. The summed E-state index contributed by atoms with van der Waals surface area (Å²) in [5.41, 5.74) is 6.12. The van der Waals surface area contributed by atoms with Crippen molar-refractivity contribution in [3.63, 3.8) is 0 Å². The van der Waals surface area contributed by atoms with E-state index in [9.17, 15) is 4.79 Å². The number of hydrogen-bond donors (Lipinski definition) is 1. The quantitative estimate of drug-likeness (QED) is 0.337. The number of benzene rings is 1. The van der Waals surface area contributed by atoms with Crippen LogP contribution in [0.1, 0.15) is 41.5 Å². The third kappa shape index (κ3) is 4.83. The van der Waals surface area contributed by atoms with Gasteiger partial charge in [-0.3, -0.25) is 9.78 Å². The Morgan fingerprint density at radius 1 is 1.15 bits per heavy atom. The SMILES string of the molecule is CCCCNC(=O)c1cc(-c2csc(-c3ccc(C)nc3)n2)n(-c2ccc(OC)cc2)c1C. The number of carbonyl (C=O) groups is 1. The van der Waals surface area contributed by atoms with Crippen LogP contribution in [-0.2, 0) is 0 Å². The van der Waals surface area contributed by atoms with Gasteiger partial charge in [0.2, 0.25) is 0 Å². The average molecular weight is 461 g/mol. The molecule has 0 bridgehead atoms. The number of carbonyl (C=O) groups excluding carboxylic acids is 1. The minimum absolute atomic E-state index is 0.0624. The molecule has 0 spiro atoms. The lowest BCUT2D eigenvalue weighted by atomic mass is 10.2. The van der Waals surface area contributed by atoms with Crippen LogP contribution < -0.4 is 10.1 Å². The maximum atomic E-state index is 13.0. The van der Waals surface area contributed by atoms with Crippen LogP contribution >= 0.6 is 11.3 Å². The highest BCUT2D eigenvalue weighted by Crippen LogP contribution is 2.33. The number of ether oxygens (including phenoxy) is 1. The summed E-state index contributed by atoms with van der Waals surface area (Å²) in [6.45, 7) is 6.71. The molecule has 0 saturated heterocycles. The molecular formula is C26H28N4O2S. The molecular weight excluding hydrogens is 432 g/mol. The van der Waals surface area contributed by atoms with Gasteiger partial charge in [-0.2, -0.15) is 0 Å². The molecule has 3 heterocycles. The monoisotopic (exact) mass is 460 g/mol. The Bertz CT molecular complexity index is 1240. The molecule has 6 nitrogen and oxygen atoms in total. The van der Waals surface area contributed by atoms with E-state index in [1.807, 2.05) is 67.9 Å². The fourth-order valence-corrected chi connectivity index (χ4v) is 4.49. The van der Waals surface area contributed by atoms with Crippen LogP contribution in [0.2, 0.25) is 0 Å². The number of aryl methyl sites for hydroxylation is 1. The van der Waals surface area contributed by atoms with Crippen LogP contribution in [-0.4, -0.2) is 34.1 Å². The van der Waals surface area contributed by atoms with Gasteiger partial charge in [0.25, 0.3) is 5.91 Å². The Balaban J connectivity index is 1.78. The standard InChI is InChI=1S/C26H28N4O2S/c1-5-6-13-27-25(31)22-14-24(30(18(22)3)20-9-11-21(32-4)12-10-20)23-16-33-26(29-23)19-8-7-17(2)28-15-19/h7-12,14-16H,5-6,13H2,1-4H3,(H,27,31). The van der Waals surface area contributed by atoms with Crippen molar-refractivity contribution >= 4 is 17.2 Å². The van der Waals surface area contributed by atoms with Gasteiger partial charge in [0, 0.05) is 40.8 Å². The van der Waals surface area contributed by atoms with Crippen LogP contribution in [0.25, 0.3) is 27.6 Å². The Hall–Kier alpha value is -3.45. The normalized spacial score (nSPS) is 10.9. The van der Waals surface area contributed by atoms with Crippen LogP contribution in [0, 0.1) is 13.8 Å². The van der Waals surface area contributed by atoms with Crippen LogP contribution in [0.15, 0.2) is 54.0 Å². The van der Waals surface area contributed by atoms with E-state index in [1.165, 1.54) is 0 Å². The summed E-state index contributed by atoms with van der Waals surface area (Å²) in [5, 5.41) is 5.97. The number of amides is 1. The van der Waals surface area contributed by atoms with E-state index in [0.717, 1.165) is 57.6 Å². The van der Waals surface area contributed by atoms with Crippen molar-refractivity contribution in [1.29, 1.82) is 0 Å². The highest BCUT2D eigenvalue weighted by atomic mass is 32.1. The molecule has 0 aliphatic carbocycles. The summed E-state index contributed by atoms with van der Waals surface area (Å²) in [7, 11) is 1.65. The predicted octanol–water partition coefficient (Wildman–Crippen LogP) is 5.82. The van der Waals surface area contributed by atoms with Crippen molar-refractivity contribution in [2.24, 2.45) is 0 Å². The highest BCUT2D eigenvalue weighted by molar-refractivity contribution is 7.13.